The SMILES string of the molecule is N=C(N)c1ccc(CN2CCc3ccccc3C2)c(Cl)c1. The van der Waals surface area contributed by atoms with E-state index in [4.69, 9.17) is 22.7 Å². The number of hydrogen-bond donors (Lipinski definition) is 2. The summed E-state index contributed by atoms with van der Waals surface area (Å²) in [5.74, 6) is 0.0512. The molecule has 1 heterocycles. The van der Waals surface area contributed by atoms with Gasteiger partial charge < -0.3 is 5.73 Å². The zero-order valence-electron chi connectivity index (χ0n) is 11.8. The van der Waals surface area contributed by atoms with E-state index in [9.17, 15) is 0 Å². The van der Waals surface area contributed by atoms with Crippen molar-refractivity contribution in [3.05, 3.63) is 69.7 Å². The van der Waals surface area contributed by atoms with Crippen molar-refractivity contribution in [2.75, 3.05) is 6.54 Å². The number of halogens is 1. The van der Waals surface area contributed by atoms with Gasteiger partial charge in [0.1, 0.15) is 5.84 Å². The van der Waals surface area contributed by atoms with Crippen molar-refractivity contribution < 1.29 is 0 Å². The molecule has 3 rings (SSSR count). The molecule has 3 N–H and O–H groups in total. The van der Waals surface area contributed by atoms with E-state index < -0.39 is 0 Å². The summed E-state index contributed by atoms with van der Waals surface area (Å²) in [4.78, 5) is 2.40. The van der Waals surface area contributed by atoms with E-state index in [1.54, 1.807) is 6.07 Å². The number of hydrogen-bond acceptors (Lipinski definition) is 2. The fourth-order valence-corrected chi connectivity index (χ4v) is 3.01. The summed E-state index contributed by atoms with van der Waals surface area (Å²) < 4.78 is 0. The first-order valence-electron chi connectivity index (χ1n) is 7.05. The molecule has 0 atom stereocenters. The lowest BCUT2D eigenvalue weighted by atomic mass is 9.99. The van der Waals surface area contributed by atoms with Crippen LogP contribution in [0.5, 0.6) is 0 Å². The van der Waals surface area contributed by atoms with Gasteiger partial charge in [0.25, 0.3) is 0 Å². The number of amidine groups is 1. The lowest BCUT2D eigenvalue weighted by Crippen LogP contribution is -2.30. The third-order valence-corrected chi connectivity index (χ3v) is 4.32. The summed E-state index contributed by atoms with van der Waals surface area (Å²) in [6, 6.07) is 14.2. The Balaban J connectivity index is 1.75. The second-order valence-electron chi connectivity index (χ2n) is 5.45. The predicted octanol–water partition coefficient (Wildman–Crippen LogP) is 3.18. The molecule has 0 radical (unpaired) electrons. The highest BCUT2D eigenvalue weighted by molar-refractivity contribution is 6.31. The minimum atomic E-state index is 0.0512. The van der Waals surface area contributed by atoms with Crippen molar-refractivity contribution in [1.29, 1.82) is 5.41 Å². The van der Waals surface area contributed by atoms with E-state index in [0.717, 1.165) is 31.6 Å². The second-order valence-corrected chi connectivity index (χ2v) is 5.86. The van der Waals surface area contributed by atoms with Crippen molar-refractivity contribution in [3.8, 4) is 0 Å². The van der Waals surface area contributed by atoms with Crippen LogP contribution in [-0.4, -0.2) is 17.3 Å². The van der Waals surface area contributed by atoms with Crippen molar-refractivity contribution in [1.82, 2.24) is 4.90 Å². The van der Waals surface area contributed by atoms with Crippen LogP contribution in [0.3, 0.4) is 0 Å². The summed E-state index contributed by atoms with van der Waals surface area (Å²) in [6.45, 7) is 2.83. The third kappa shape index (κ3) is 3.09. The molecule has 3 nitrogen and oxygen atoms in total. The topological polar surface area (TPSA) is 53.1 Å². The Morgan fingerprint density at radius 1 is 1.19 bits per heavy atom. The number of fused-ring (bicyclic) bond motifs is 1. The van der Waals surface area contributed by atoms with Gasteiger partial charge >= 0.3 is 0 Å². The molecule has 1 aliphatic heterocycles. The van der Waals surface area contributed by atoms with Crippen LogP contribution in [0, 0.1) is 5.41 Å². The van der Waals surface area contributed by atoms with Gasteiger partial charge in [-0.1, -0.05) is 48.0 Å². The predicted molar refractivity (Wildman–Crippen MR) is 86.7 cm³/mol. The minimum absolute atomic E-state index is 0.0512. The molecule has 1 aliphatic rings. The summed E-state index contributed by atoms with van der Waals surface area (Å²) in [7, 11) is 0. The summed E-state index contributed by atoms with van der Waals surface area (Å²) in [5.41, 5.74) is 10.1. The van der Waals surface area contributed by atoms with Gasteiger partial charge in [-0.15, -0.1) is 0 Å². The molecule has 0 unspecified atom stereocenters. The van der Waals surface area contributed by atoms with E-state index in [2.05, 4.69) is 29.2 Å². The highest BCUT2D eigenvalue weighted by Gasteiger charge is 2.16. The van der Waals surface area contributed by atoms with Crippen LogP contribution in [0.2, 0.25) is 5.02 Å². The Bertz CT molecular complexity index is 681. The first-order valence-corrected chi connectivity index (χ1v) is 7.43. The van der Waals surface area contributed by atoms with E-state index in [1.807, 2.05) is 12.1 Å². The highest BCUT2D eigenvalue weighted by atomic mass is 35.5. The van der Waals surface area contributed by atoms with E-state index in [-0.39, 0.29) is 5.84 Å². The Morgan fingerprint density at radius 3 is 2.67 bits per heavy atom. The third-order valence-electron chi connectivity index (χ3n) is 3.97. The van der Waals surface area contributed by atoms with Crippen LogP contribution in [0.15, 0.2) is 42.5 Å². The molecule has 108 valence electrons. The zero-order valence-corrected chi connectivity index (χ0v) is 12.5. The van der Waals surface area contributed by atoms with E-state index >= 15 is 0 Å². The first kappa shape index (κ1) is 14.1. The summed E-state index contributed by atoms with van der Waals surface area (Å²) >= 11 is 6.31. The molecule has 0 bridgehead atoms. The van der Waals surface area contributed by atoms with Crippen LogP contribution in [0.4, 0.5) is 0 Å². The van der Waals surface area contributed by atoms with Gasteiger partial charge in [0.15, 0.2) is 0 Å². The fraction of sp³-hybridized carbons (Fsp3) is 0.235. The molecule has 0 aromatic heterocycles. The van der Waals surface area contributed by atoms with E-state index in [1.165, 1.54) is 11.1 Å². The number of nitrogens with two attached hydrogens (primary N) is 1. The van der Waals surface area contributed by atoms with Crippen molar-refractivity contribution in [2.24, 2.45) is 5.73 Å². The van der Waals surface area contributed by atoms with Crippen molar-refractivity contribution in [2.45, 2.75) is 19.5 Å². The molecule has 21 heavy (non-hydrogen) atoms. The molecule has 2 aromatic rings. The van der Waals surface area contributed by atoms with Crippen LogP contribution in [0.1, 0.15) is 22.3 Å². The molecule has 0 spiro atoms. The maximum absolute atomic E-state index is 7.45. The molecular weight excluding hydrogens is 282 g/mol. The highest BCUT2D eigenvalue weighted by Crippen LogP contribution is 2.24. The molecule has 4 heteroatoms. The summed E-state index contributed by atoms with van der Waals surface area (Å²) in [5, 5.41) is 8.13. The van der Waals surface area contributed by atoms with Gasteiger partial charge in [-0.2, -0.15) is 0 Å². The lowest BCUT2D eigenvalue weighted by molar-refractivity contribution is 0.245. The Morgan fingerprint density at radius 2 is 1.95 bits per heavy atom. The summed E-state index contributed by atoms with van der Waals surface area (Å²) in [6.07, 6.45) is 1.08. The van der Waals surface area contributed by atoms with Gasteiger partial charge in [0, 0.05) is 30.2 Å². The smallest absolute Gasteiger partial charge is 0.122 e. The average Bonchev–Trinajstić information content (AvgIpc) is 2.49. The molecule has 0 aliphatic carbocycles. The van der Waals surface area contributed by atoms with Gasteiger partial charge in [-0.3, -0.25) is 10.3 Å². The minimum Gasteiger partial charge on any atom is -0.384 e. The second kappa shape index (κ2) is 5.88. The van der Waals surface area contributed by atoms with Gasteiger partial charge in [0.2, 0.25) is 0 Å². The molecule has 0 saturated carbocycles. The molecule has 0 amide bonds. The fourth-order valence-electron chi connectivity index (χ4n) is 2.77. The number of nitrogens with zero attached hydrogens (tertiary/aromatic N) is 1. The van der Waals surface area contributed by atoms with Crippen LogP contribution < -0.4 is 5.73 Å². The van der Waals surface area contributed by atoms with E-state index in [0.29, 0.717) is 10.6 Å². The van der Waals surface area contributed by atoms with Gasteiger partial charge in [0.05, 0.1) is 0 Å². The van der Waals surface area contributed by atoms with Crippen LogP contribution in [0.25, 0.3) is 0 Å². The Labute approximate surface area is 129 Å². The number of nitrogens with one attached hydrogen (secondary N) is 1. The van der Waals surface area contributed by atoms with Crippen LogP contribution >= 0.6 is 11.6 Å². The maximum Gasteiger partial charge on any atom is 0.122 e. The molecule has 2 aromatic carbocycles. The van der Waals surface area contributed by atoms with Crippen molar-refractivity contribution in [3.63, 3.8) is 0 Å². The van der Waals surface area contributed by atoms with Crippen molar-refractivity contribution >= 4 is 17.4 Å². The average molecular weight is 300 g/mol. The Hall–Kier alpha value is -1.84. The maximum atomic E-state index is 7.45. The number of nitrogen functional groups attached to an aromatic ring is 1. The van der Waals surface area contributed by atoms with Crippen LogP contribution in [-0.2, 0) is 19.5 Å². The first-order chi connectivity index (χ1) is 10.1. The monoisotopic (exact) mass is 299 g/mol. The largest absolute Gasteiger partial charge is 0.384 e. The molecule has 0 saturated heterocycles. The number of benzene rings is 2. The lowest BCUT2D eigenvalue weighted by Gasteiger charge is -2.29. The standard InChI is InChI=1S/C17H18ClN3/c18-16-9-13(17(19)20)5-6-15(16)11-21-8-7-12-3-1-2-4-14(12)10-21/h1-6,9H,7-8,10-11H2,(H3,19,20). The van der Waals surface area contributed by atoms with Gasteiger partial charge in [-0.25, -0.2) is 0 Å². The Kier molecular flexibility index (Phi) is 3.95. The molecular formula is C17H18ClN3. The zero-order chi connectivity index (χ0) is 14.8. The number of rotatable bonds is 3. The molecule has 0 fully saturated rings. The quantitative estimate of drug-likeness (QED) is 0.675. The van der Waals surface area contributed by atoms with Gasteiger partial charge in [-0.05, 0) is 29.2 Å². The normalized spacial score (nSPS) is 14.7.